The number of aromatic nitrogens is 4. The highest BCUT2D eigenvalue weighted by Crippen LogP contribution is 2.28. The van der Waals surface area contributed by atoms with Gasteiger partial charge in [-0.25, -0.2) is 4.39 Å². The maximum atomic E-state index is 14.2. The van der Waals surface area contributed by atoms with E-state index in [9.17, 15) is 9.18 Å². The highest BCUT2D eigenvalue weighted by Gasteiger charge is 2.34. The number of aromatic amines is 1. The third-order valence-electron chi connectivity index (χ3n) is 4.32. The Kier molecular flexibility index (Phi) is 4.35. The molecule has 1 aliphatic rings. The molecule has 2 aromatic rings. The van der Waals surface area contributed by atoms with Crippen molar-refractivity contribution in [3.63, 3.8) is 0 Å². The summed E-state index contributed by atoms with van der Waals surface area (Å²) in [6, 6.07) is 6.28. The lowest BCUT2D eigenvalue weighted by molar-refractivity contribution is -0.126. The molecule has 1 aromatic carbocycles. The van der Waals surface area contributed by atoms with Crippen molar-refractivity contribution in [1.82, 2.24) is 25.9 Å². The van der Waals surface area contributed by atoms with Gasteiger partial charge in [0.25, 0.3) is 0 Å². The summed E-state index contributed by atoms with van der Waals surface area (Å²) < 4.78 is 14.2. The normalized spacial score (nSPS) is 17.4. The zero-order chi connectivity index (χ0) is 18.0. The zero-order valence-electron chi connectivity index (χ0n) is 14.0. The van der Waals surface area contributed by atoms with Crippen molar-refractivity contribution in [2.24, 2.45) is 5.92 Å². The molecule has 1 aliphatic heterocycles. The molecule has 0 aliphatic carbocycles. The topological polar surface area (TPSA) is 111 Å². The van der Waals surface area contributed by atoms with E-state index in [4.69, 9.17) is 5.26 Å². The average molecular weight is 343 g/mol. The van der Waals surface area contributed by atoms with Gasteiger partial charge in [-0.05, 0) is 38.5 Å². The Bertz CT molecular complexity index is 812. The molecule has 0 bridgehead atoms. The molecule has 9 heteroatoms. The third-order valence-corrected chi connectivity index (χ3v) is 4.32. The van der Waals surface area contributed by atoms with Gasteiger partial charge >= 0.3 is 0 Å². The number of nitrogens with zero attached hydrogens (tertiary/aromatic N) is 5. The van der Waals surface area contributed by atoms with E-state index in [-0.39, 0.29) is 17.4 Å². The molecule has 25 heavy (non-hydrogen) atoms. The molecule has 130 valence electrons. The Morgan fingerprint density at radius 3 is 2.96 bits per heavy atom. The van der Waals surface area contributed by atoms with Gasteiger partial charge in [0.05, 0.1) is 28.8 Å². The first-order valence-corrected chi connectivity index (χ1v) is 7.91. The molecular weight excluding hydrogens is 325 g/mol. The number of rotatable bonds is 4. The van der Waals surface area contributed by atoms with Crippen LogP contribution in [0.2, 0.25) is 0 Å². The van der Waals surface area contributed by atoms with Crippen LogP contribution in [0.15, 0.2) is 18.2 Å². The fourth-order valence-corrected chi connectivity index (χ4v) is 2.92. The van der Waals surface area contributed by atoms with Crippen LogP contribution >= 0.6 is 0 Å². The second-order valence-corrected chi connectivity index (χ2v) is 6.56. The molecular formula is C16H18FN7O. The Morgan fingerprint density at radius 2 is 2.32 bits per heavy atom. The van der Waals surface area contributed by atoms with Gasteiger partial charge in [0.15, 0.2) is 5.82 Å². The maximum absolute atomic E-state index is 14.2. The monoisotopic (exact) mass is 343 g/mol. The van der Waals surface area contributed by atoms with E-state index >= 15 is 0 Å². The summed E-state index contributed by atoms with van der Waals surface area (Å²) in [7, 11) is 0. The van der Waals surface area contributed by atoms with Gasteiger partial charge in [-0.15, -0.1) is 10.2 Å². The molecule has 3 rings (SSSR count). The van der Waals surface area contributed by atoms with E-state index in [0.717, 1.165) is 0 Å². The number of amides is 1. The van der Waals surface area contributed by atoms with Crippen molar-refractivity contribution in [2.75, 3.05) is 18.0 Å². The molecule has 1 aromatic heterocycles. The first-order valence-electron chi connectivity index (χ1n) is 7.91. The number of carbonyl (C=O) groups excluding carboxylic acids is 1. The van der Waals surface area contributed by atoms with Gasteiger partial charge in [0.1, 0.15) is 5.82 Å². The third kappa shape index (κ3) is 3.42. The summed E-state index contributed by atoms with van der Waals surface area (Å²) in [5.41, 5.74) is -0.0691. The molecule has 1 fully saturated rings. The molecule has 2 N–H and O–H groups in total. The van der Waals surface area contributed by atoms with Crippen LogP contribution in [-0.4, -0.2) is 39.6 Å². The van der Waals surface area contributed by atoms with E-state index in [0.29, 0.717) is 31.0 Å². The fourth-order valence-electron chi connectivity index (χ4n) is 2.92. The van der Waals surface area contributed by atoms with E-state index in [1.54, 1.807) is 26.0 Å². The lowest BCUT2D eigenvalue weighted by Gasteiger charge is -2.25. The van der Waals surface area contributed by atoms with Crippen LogP contribution in [0, 0.1) is 23.1 Å². The van der Waals surface area contributed by atoms with Gasteiger partial charge in [-0.1, -0.05) is 5.21 Å². The van der Waals surface area contributed by atoms with Gasteiger partial charge in [-0.2, -0.15) is 10.5 Å². The van der Waals surface area contributed by atoms with Gasteiger partial charge in [0, 0.05) is 13.1 Å². The predicted molar refractivity (Wildman–Crippen MR) is 86.8 cm³/mol. The summed E-state index contributed by atoms with van der Waals surface area (Å²) >= 11 is 0. The first kappa shape index (κ1) is 16.8. The minimum Gasteiger partial charge on any atom is -0.368 e. The van der Waals surface area contributed by atoms with Crippen molar-refractivity contribution in [3.8, 4) is 6.07 Å². The number of hydrogen-bond acceptors (Lipinski definition) is 6. The van der Waals surface area contributed by atoms with Crippen LogP contribution in [0.4, 0.5) is 10.1 Å². The number of benzene rings is 1. The smallest absolute Gasteiger partial charge is 0.225 e. The second-order valence-electron chi connectivity index (χ2n) is 6.56. The largest absolute Gasteiger partial charge is 0.368 e. The minimum absolute atomic E-state index is 0.133. The number of halogens is 1. The lowest BCUT2D eigenvalue weighted by Crippen LogP contribution is -2.45. The molecule has 2 heterocycles. The standard InChI is InChI=1S/C16H18FN7O/c1-16(2,15-20-22-23-21-15)19-14(25)11-5-6-24(9-11)13-4-3-10(8-18)7-12(13)17/h3-4,7,11H,5-6,9H2,1-2H3,(H,19,25)(H,20,21,22,23). The first-order chi connectivity index (χ1) is 11.9. The Labute approximate surface area is 144 Å². The Balaban J connectivity index is 1.67. The number of H-pyrrole nitrogens is 1. The van der Waals surface area contributed by atoms with Crippen LogP contribution in [-0.2, 0) is 10.3 Å². The Hall–Kier alpha value is -3.02. The van der Waals surface area contributed by atoms with E-state index < -0.39 is 11.4 Å². The quantitative estimate of drug-likeness (QED) is 0.860. The SMILES string of the molecule is CC(C)(NC(=O)C1CCN(c2ccc(C#N)cc2F)C1)c1nn[nH]n1. The number of tetrazole rings is 1. The summed E-state index contributed by atoms with van der Waals surface area (Å²) in [4.78, 5) is 14.4. The number of nitriles is 1. The number of nitrogens with one attached hydrogen (secondary N) is 2. The van der Waals surface area contributed by atoms with Crippen LogP contribution in [0.5, 0.6) is 0 Å². The van der Waals surface area contributed by atoms with Crippen molar-refractivity contribution >= 4 is 11.6 Å². The van der Waals surface area contributed by atoms with Crippen molar-refractivity contribution in [3.05, 3.63) is 35.4 Å². The maximum Gasteiger partial charge on any atom is 0.225 e. The highest BCUT2D eigenvalue weighted by atomic mass is 19.1. The van der Waals surface area contributed by atoms with Gasteiger partial charge < -0.3 is 10.2 Å². The van der Waals surface area contributed by atoms with E-state index in [2.05, 4.69) is 25.9 Å². The second kappa shape index (κ2) is 6.47. The van der Waals surface area contributed by atoms with Crippen LogP contribution in [0.3, 0.4) is 0 Å². The predicted octanol–water partition coefficient (Wildman–Crippen LogP) is 1.09. The van der Waals surface area contributed by atoms with Crippen LogP contribution in [0.25, 0.3) is 0 Å². The molecule has 1 amide bonds. The molecule has 0 radical (unpaired) electrons. The Morgan fingerprint density at radius 1 is 1.52 bits per heavy atom. The molecule has 0 spiro atoms. The van der Waals surface area contributed by atoms with E-state index in [1.165, 1.54) is 6.07 Å². The van der Waals surface area contributed by atoms with Gasteiger partial charge in [-0.3, -0.25) is 4.79 Å². The lowest BCUT2D eigenvalue weighted by atomic mass is 10.0. The van der Waals surface area contributed by atoms with Crippen molar-refractivity contribution in [2.45, 2.75) is 25.8 Å². The molecule has 1 atom stereocenters. The summed E-state index contributed by atoms with van der Waals surface area (Å²) in [6.07, 6.45) is 0.619. The van der Waals surface area contributed by atoms with Gasteiger partial charge in [0.2, 0.25) is 5.91 Å². The highest BCUT2D eigenvalue weighted by molar-refractivity contribution is 5.81. The minimum atomic E-state index is -0.753. The number of anilines is 1. The molecule has 0 saturated carbocycles. The average Bonchev–Trinajstić information content (AvgIpc) is 3.26. The van der Waals surface area contributed by atoms with Crippen LogP contribution in [0.1, 0.15) is 31.7 Å². The number of carbonyl (C=O) groups is 1. The zero-order valence-corrected chi connectivity index (χ0v) is 14.0. The summed E-state index contributed by atoms with van der Waals surface area (Å²) in [6.45, 7) is 4.58. The molecule has 1 unspecified atom stereocenters. The van der Waals surface area contributed by atoms with Crippen molar-refractivity contribution in [1.29, 1.82) is 5.26 Å². The van der Waals surface area contributed by atoms with E-state index in [1.807, 2.05) is 11.0 Å². The fraction of sp³-hybridized carbons (Fsp3) is 0.438. The molecule has 1 saturated heterocycles. The van der Waals surface area contributed by atoms with Crippen molar-refractivity contribution < 1.29 is 9.18 Å². The summed E-state index contributed by atoms with van der Waals surface area (Å²) in [5.74, 6) is -0.450. The van der Waals surface area contributed by atoms with Crippen LogP contribution < -0.4 is 10.2 Å². The molecule has 8 nitrogen and oxygen atoms in total. The number of hydrogen-bond donors (Lipinski definition) is 2. The summed E-state index contributed by atoms with van der Waals surface area (Å²) in [5, 5.41) is 25.4.